The highest BCUT2D eigenvalue weighted by Crippen LogP contribution is 2.15. The highest BCUT2D eigenvalue weighted by molar-refractivity contribution is 6.07. The zero-order valence-corrected chi connectivity index (χ0v) is 11.0. The van der Waals surface area contributed by atoms with Crippen molar-refractivity contribution in [3.8, 4) is 0 Å². The van der Waals surface area contributed by atoms with Crippen LogP contribution in [-0.2, 0) is 6.42 Å². The first-order valence-electron chi connectivity index (χ1n) is 6.41. The van der Waals surface area contributed by atoms with Gasteiger partial charge in [-0.25, -0.2) is 0 Å². The average Bonchev–Trinajstić information content (AvgIpc) is 2.46. The normalized spacial score (nSPS) is 10.2. The molecule has 1 aromatic heterocycles. The lowest BCUT2D eigenvalue weighted by molar-refractivity contribution is 0.102. The van der Waals surface area contributed by atoms with Crippen molar-refractivity contribution in [2.75, 3.05) is 17.7 Å². The van der Waals surface area contributed by atoms with Crippen molar-refractivity contribution in [1.82, 2.24) is 4.98 Å². The van der Waals surface area contributed by atoms with E-state index in [1.54, 1.807) is 12.3 Å². The molecular weight excluding hydrogens is 254 g/mol. The number of aliphatic hydroxyl groups is 1. The predicted molar refractivity (Wildman–Crippen MR) is 78.5 cm³/mol. The molecule has 0 aliphatic heterocycles. The fraction of sp³-hybridized carbons (Fsp3) is 0.200. The lowest BCUT2D eigenvalue weighted by atomic mass is 10.1. The fourth-order valence-electron chi connectivity index (χ4n) is 1.88. The Hall–Kier alpha value is -2.40. The van der Waals surface area contributed by atoms with Crippen LogP contribution in [0.2, 0.25) is 0 Å². The molecule has 1 heterocycles. The highest BCUT2D eigenvalue weighted by Gasteiger charge is 2.09. The molecular formula is C15H17N3O2. The second-order valence-electron chi connectivity index (χ2n) is 4.44. The number of carbonyl (C=O) groups is 1. The van der Waals surface area contributed by atoms with Crippen molar-refractivity contribution in [3.63, 3.8) is 0 Å². The van der Waals surface area contributed by atoms with Gasteiger partial charge in [-0.3, -0.25) is 9.78 Å². The molecule has 1 aromatic carbocycles. The van der Waals surface area contributed by atoms with E-state index < -0.39 is 0 Å². The lowest BCUT2D eigenvalue weighted by Gasteiger charge is -2.08. The molecule has 0 saturated heterocycles. The largest absolute Gasteiger partial charge is 0.398 e. The standard InChI is InChI=1S/C15H17N3O2/c16-14-6-7-17-10-13(14)15(20)18-12-5-1-3-11(9-12)4-2-8-19/h1,3,5-7,9-10,19H,2,4,8H2,(H2,16,17)(H,18,20). The number of nitrogen functional groups attached to an aromatic ring is 1. The minimum absolute atomic E-state index is 0.156. The quantitative estimate of drug-likeness (QED) is 0.774. The van der Waals surface area contributed by atoms with E-state index in [1.165, 1.54) is 6.20 Å². The van der Waals surface area contributed by atoms with Crippen LogP contribution in [0.5, 0.6) is 0 Å². The summed E-state index contributed by atoms with van der Waals surface area (Å²) in [6.07, 6.45) is 4.46. The summed E-state index contributed by atoms with van der Waals surface area (Å²) in [5.74, 6) is -0.282. The van der Waals surface area contributed by atoms with Crippen LogP contribution in [0.15, 0.2) is 42.7 Å². The van der Waals surface area contributed by atoms with E-state index in [9.17, 15) is 4.79 Å². The number of amides is 1. The van der Waals surface area contributed by atoms with Crippen LogP contribution in [0.4, 0.5) is 11.4 Å². The summed E-state index contributed by atoms with van der Waals surface area (Å²) in [4.78, 5) is 16.0. The number of aromatic nitrogens is 1. The highest BCUT2D eigenvalue weighted by atomic mass is 16.2. The number of hydrogen-bond acceptors (Lipinski definition) is 4. The molecule has 0 aliphatic carbocycles. The van der Waals surface area contributed by atoms with E-state index in [0.29, 0.717) is 23.4 Å². The molecule has 20 heavy (non-hydrogen) atoms. The third kappa shape index (κ3) is 3.55. The Balaban J connectivity index is 2.10. The van der Waals surface area contributed by atoms with Crippen LogP contribution in [0.1, 0.15) is 22.3 Å². The third-order valence-corrected chi connectivity index (χ3v) is 2.91. The first kappa shape index (κ1) is 14.0. The molecule has 0 bridgehead atoms. The van der Waals surface area contributed by atoms with Crippen molar-refractivity contribution in [1.29, 1.82) is 0 Å². The number of carbonyl (C=O) groups excluding carboxylic acids is 1. The molecule has 2 aromatic rings. The van der Waals surface area contributed by atoms with Gasteiger partial charge >= 0.3 is 0 Å². The van der Waals surface area contributed by atoms with Gasteiger partial charge in [0.2, 0.25) is 0 Å². The fourth-order valence-corrected chi connectivity index (χ4v) is 1.88. The van der Waals surface area contributed by atoms with Crippen LogP contribution in [0.25, 0.3) is 0 Å². The Kier molecular flexibility index (Phi) is 4.68. The number of nitrogens with zero attached hydrogens (tertiary/aromatic N) is 1. The van der Waals surface area contributed by atoms with Crippen molar-refractivity contribution in [2.45, 2.75) is 12.8 Å². The summed E-state index contributed by atoms with van der Waals surface area (Å²) in [6.45, 7) is 0.156. The zero-order chi connectivity index (χ0) is 14.4. The van der Waals surface area contributed by atoms with Crippen molar-refractivity contribution in [3.05, 3.63) is 53.9 Å². The molecule has 104 valence electrons. The van der Waals surface area contributed by atoms with Gasteiger partial charge in [0.25, 0.3) is 5.91 Å². The number of aryl methyl sites for hydroxylation is 1. The molecule has 1 amide bonds. The second kappa shape index (κ2) is 6.68. The summed E-state index contributed by atoms with van der Waals surface area (Å²) in [5.41, 5.74) is 8.26. The zero-order valence-electron chi connectivity index (χ0n) is 11.0. The van der Waals surface area contributed by atoms with E-state index in [4.69, 9.17) is 10.8 Å². The van der Waals surface area contributed by atoms with Gasteiger partial charge in [0.15, 0.2) is 0 Å². The van der Waals surface area contributed by atoms with Crippen LogP contribution in [-0.4, -0.2) is 22.6 Å². The number of hydrogen-bond donors (Lipinski definition) is 3. The summed E-state index contributed by atoms with van der Waals surface area (Å²) in [7, 11) is 0. The van der Waals surface area contributed by atoms with Gasteiger partial charge in [0.1, 0.15) is 0 Å². The Morgan fingerprint density at radius 3 is 2.95 bits per heavy atom. The van der Waals surface area contributed by atoms with E-state index in [-0.39, 0.29) is 12.5 Å². The Labute approximate surface area is 117 Å². The molecule has 5 heteroatoms. The second-order valence-corrected chi connectivity index (χ2v) is 4.44. The Bertz CT molecular complexity index is 599. The van der Waals surface area contributed by atoms with E-state index in [0.717, 1.165) is 12.0 Å². The first-order chi connectivity index (χ1) is 9.70. The number of nitrogens with two attached hydrogens (primary N) is 1. The monoisotopic (exact) mass is 271 g/mol. The molecule has 0 fully saturated rings. The van der Waals surface area contributed by atoms with Crippen LogP contribution < -0.4 is 11.1 Å². The van der Waals surface area contributed by atoms with Gasteiger partial charge < -0.3 is 16.2 Å². The van der Waals surface area contributed by atoms with Gasteiger partial charge in [-0.05, 0) is 36.6 Å². The van der Waals surface area contributed by atoms with Crippen LogP contribution in [0, 0.1) is 0 Å². The molecule has 0 aliphatic rings. The smallest absolute Gasteiger partial charge is 0.259 e. The van der Waals surface area contributed by atoms with Crippen LogP contribution >= 0.6 is 0 Å². The van der Waals surface area contributed by atoms with E-state index in [1.807, 2.05) is 24.3 Å². The molecule has 2 rings (SSSR count). The summed E-state index contributed by atoms with van der Waals surface area (Å²) < 4.78 is 0. The van der Waals surface area contributed by atoms with Crippen molar-refractivity contribution >= 4 is 17.3 Å². The molecule has 0 saturated carbocycles. The van der Waals surface area contributed by atoms with Gasteiger partial charge in [0, 0.05) is 30.4 Å². The van der Waals surface area contributed by atoms with E-state index >= 15 is 0 Å². The van der Waals surface area contributed by atoms with Gasteiger partial charge in [-0.15, -0.1) is 0 Å². The maximum Gasteiger partial charge on any atom is 0.259 e. The van der Waals surface area contributed by atoms with Gasteiger partial charge in [-0.1, -0.05) is 12.1 Å². The van der Waals surface area contributed by atoms with Crippen LogP contribution in [0.3, 0.4) is 0 Å². The topological polar surface area (TPSA) is 88.2 Å². The minimum atomic E-state index is -0.282. The molecule has 0 spiro atoms. The summed E-state index contributed by atoms with van der Waals surface area (Å²) in [6, 6.07) is 9.12. The SMILES string of the molecule is Nc1ccncc1C(=O)Nc1cccc(CCCO)c1. The maximum atomic E-state index is 12.1. The number of nitrogens with one attached hydrogen (secondary N) is 1. The predicted octanol–water partition coefficient (Wildman–Crippen LogP) is 1.84. The third-order valence-electron chi connectivity index (χ3n) is 2.91. The van der Waals surface area contributed by atoms with Crippen molar-refractivity contribution < 1.29 is 9.90 Å². The summed E-state index contributed by atoms with van der Waals surface area (Å²) in [5, 5.41) is 11.6. The number of rotatable bonds is 5. The number of aliphatic hydroxyl groups excluding tert-OH is 1. The van der Waals surface area contributed by atoms with E-state index in [2.05, 4.69) is 10.3 Å². The summed E-state index contributed by atoms with van der Waals surface area (Å²) >= 11 is 0. The lowest BCUT2D eigenvalue weighted by Crippen LogP contribution is -2.14. The Morgan fingerprint density at radius 1 is 1.35 bits per heavy atom. The maximum absolute atomic E-state index is 12.1. The molecule has 0 atom stereocenters. The van der Waals surface area contributed by atoms with Gasteiger partial charge in [0.05, 0.1) is 5.56 Å². The first-order valence-corrected chi connectivity index (χ1v) is 6.41. The van der Waals surface area contributed by atoms with Crippen molar-refractivity contribution in [2.24, 2.45) is 0 Å². The Morgan fingerprint density at radius 2 is 2.20 bits per heavy atom. The molecule has 0 radical (unpaired) electrons. The molecule has 4 N–H and O–H groups in total. The van der Waals surface area contributed by atoms with Gasteiger partial charge in [-0.2, -0.15) is 0 Å². The minimum Gasteiger partial charge on any atom is -0.398 e. The molecule has 0 unspecified atom stereocenters. The molecule has 5 nitrogen and oxygen atoms in total. The number of benzene rings is 1. The number of pyridine rings is 1. The number of anilines is 2. The average molecular weight is 271 g/mol.